The summed E-state index contributed by atoms with van der Waals surface area (Å²) in [6, 6.07) is 48.0. The Morgan fingerprint density at radius 2 is 0.860 bits per heavy atom. The summed E-state index contributed by atoms with van der Waals surface area (Å²) in [6.07, 6.45) is 1.07. The zero-order chi connectivity index (χ0) is 39.1. The molecule has 0 amide bonds. The summed E-state index contributed by atoms with van der Waals surface area (Å²) < 4.78 is 7.40. The highest BCUT2D eigenvalue weighted by Crippen LogP contribution is 2.60. The van der Waals surface area contributed by atoms with Gasteiger partial charge in [0, 0.05) is 105 Å². The van der Waals surface area contributed by atoms with Crippen LogP contribution in [0, 0.1) is 20.8 Å². The maximum atomic E-state index is 2.66. The van der Waals surface area contributed by atoms with Gasteiger partial charge in [-0.15, -0.1) is 0 Å². The van der Waals surface area contributed by atoms with Gasteiger partial charge in [0.05, 0.1) is 8.07 Å². The van der Waals surface area contributed by atoms with Crippen molar-refractivity contribution in [3.8, 4) is 33.4 Å². The molecule has 2 unspecified atom stereocenters. The molecule has 0 fully saturated rings. The van der Waals surface area contributed by atoms with Gasteiger partial charge in [-0.2, -0.15) is 0 Å². The molecule has 12 rings (SSSR count). The normalized spacial score (nSPS) is 16.0. The van der Waals surface area contributed by atoms with Gasteiger partial charge in [-0.3, -0.25) is 0 Å². The summed E-state index contributed by atoms with van der Waals surface area (Å²) in [4.78, 5) is 0. The first kappa shape index (κ1) is 34.4. The molecule has 0 N–H and O–H groups in total. The Morgan fingerprint density at radius 3 is 1.35 bits per heavy atom. The number of aromatic nitrogens is 3. The van der Waals surface area contributed by atoms with Crippen molar-refractivity contribution in [2.75, 3.05) is 0 Å². The van der Waals surface area contributed by atoms with Crippen LogP contribution in [0.5, 0.6) is 0 Å². The molecule has 9 aromatic rings. The van der Waals surface area contributed by atoms with Crippen LogP contribution in [0.25, 0.3) is 66.1 Å². The molecule has 0 aliphatic heterocycles. The standard InChI is InChI=1S/C36H34N2Si.C17H15N/c1-21-15-17-29-27(19-21)31-23-11-7-9-13-25(23)35(33(31)37(29)3)39(5,6)36-26-14-10-8-12-24(26)32-28-20-22(2)16-18-30(28)38(4)34(32)36;1-11-7-8-15-14(9-11)17-13-6-4-3-5-12(13)10-16(17)18(15)2/h7-20,35-36H,1-6H3;3-9H,10H2,1-2H3. The molecule has 3 aromatic heterocycles. The zero-order valence-corrected chi connectivity index (χ0v) is 35.3. The van der Waals surface area contributed by atoms with E-state index in [9.17, 15) is 0 Å². The molecule has 0 bridgehead atoms. The van der Waals surface area contributed by atoms with E-state index in [1.54, 1.807) is 0 Å². The molecule has 3 aliphatic carbocycles. The monoisotopic (exact) mass is 755 g/mol. The lowest BCUT2D eigenvalue weighted by molar-refractivity contribution is 0.825. The second kappa shape index (κ2) is 12.1. The molecule has 3 aliphatic rings. The van der Waals surface area contributed by atoms with Gasteiger partial charge < -0.3 is 13.7 Å². The minimum absolute atomic E-state index is 0.408. The number of aryl methyl sites for hydroxylation is 6. The third kappa shape index (κ3) is 4.65. The molecule has 0 saturated heterocycles. The lowest BCUT2D eigenvalue weighted by Crippen LogP contribution is -2.43. The van der Waals surface area contributed by atoms with Crippen LogP contribution in [-0.2, 0) is 27.6 Å². The van der Waals surface area contributed by atoms with E-state index in [1.165, 1.54) is 117 Å². The van der Waals surface area contributed by atoms with E-state index in [2.05, 4.69) is 196 Å². The third-order valence-corrected chi connectivity index (χ3v) is 18.2. The minimum Gasteiger partial charge on any atom is -0.347 e. The summed E-state index contributed by atoms with van der Waals surface area (Å²) >= 11 is 0. The van der Waals surface area contributed by atoms with Gasteiger partial charge in [0.2, 0.25) is 0 Å². The highest BCUT2D eigenvalue weighted by Gasteiger charge is 2.52. The number of nitrogens with zero attached hydrogens (tertiary/aromatic N) is 3. The van der Waals surface area contributed by atoms with Crippen LogP contribution in [0.2, 0.25) is 13.1 Å². The molecule has 6 aromatic carbocycles. The molecule has 280 valence electrons. The quantitative estimate of drug-likeness (QED) is 0.156. The summed E-state index contributed by atoms with van der Waals surface area (Å²) in [6.45, 7) is 11.9. The lowest BCUT2D eigenvalue weighted by Gasteiger charge is -2.38. The van der Waals surface area contributed by atoms with Gasteiger partial charge in [0.15, 0.2) is 0 Å². The van der Waals surface area contributed by atoms with Crippen molar-refractivity contribution < 1.29 is 0 Å². The fourth-order valence-electron chi connectivity index (χ4n) is 11.5. The number of benzene rings is 6. The largest absolute Gasteiger partial charge is 0.347 e. The molecule has 3 heterocycles. The second-order valence-corrected chi connectivity index (χ2v) is 22.6. The Kier molecular flexibility index (Phi) is 7.29. The first-order valence-electron chi connectivity index (χ1n) is 20.6. The average Bonchev–Trinajstić information content (AvgIpc) is 4.02. The fourth-order valence-corrected chi connectivity index (χ4v) is 16.1. The summed E-state index contributed by atoms with van der Waals surface area (Å²) in [7, 11) is 4.68. The predicted molar refractivity (Wildman–Crippen MR) is 243 cm³/mol. The molecule has 2 atom stereocenters. The smallest absolute Gasteiger partial charge is 0.0769 e. The SMILES string of the molecule is Cc1ccc2c(c1)c1c(n2C)C([Si](C)(C)C2c3ccccc3-c3c2n(C)c2ccc(C)cc32)c2ccccc2-1.Cc1ccc2c(c1)c1c(n2C)Cc2ccccc2-1. The number of hydrogen-bond donors (Lipinski definition) is 0. The Balaban J connectivity index is 0.000000173. The van der Waals surface area contributed by atoms with Crippen molar-refractivity contribution in [3.63, 3.8) is 0 Å². The van der Waals surface area contributed by atoms with Crippen molar-refractivity contribution in [1.29, 1.82) is 0 Å². The third-order valence-electron chi connectivity index (χ3n) is 14.0. The van der Waals surface area contributed by atoms with Gasteiger partial charge >= 0.3 is 0 Å². The van der Waals surface area contributed by atoms with E-state index in [1.807, 2.05) is 0 Å². The fraction of sp³-hybridized carbons (Fsp3) is 0.208. The highest BCUT2D eigenvalue weighted by molar-refractivity contribution is 6.82. The first-order valence-corrected chi connectivity index (χ1v) is 23.7. The maximum Gasteiger partial charge on any atom is 0.0769 e. The zero-order valence-electron chi connectivity index (χ0n) is 34.3. The number of rotatable bonds is 2. The molecule has 4 heteroatoms. The highest BCUT2D eigenvalue weighted by atomic mass is 28.3. The van der Waals surface area contributed by atoms with E-state index in [0.717, 1.165) is 6.42 Å². The Labute approximate surface area is 336 Å². The molecule has 0 spiro atoms. The molecular weight excluding hydrogens is 707 g/mol. The maximum absolute atomic E-state index is 2.66. The molecule has 0 saturated carbocycles. The van der Waals surface area contributed by atoms with Crippen LogP contribution >= 0.6 is 0 Å². The van der Waals surface area contributed by atoms with Crippen LogP contribution < -0.4 is 0 Å². The van der Waals surface area contributed by atoms with E-state index >= 15 is 0 Å². The van der Waals surface area contributed by atoms with E-state index in [0.29, 0.717) is 11.1 Å². The first-order chi connectivity index (χ1) is 27.5. The van der Waals surface area contributed by atoms with Crippen molar-refractivity contribution >= 4 is 40.8 Å². The predicted octanol–water partition coefficient (Wildman–Crippen LogP) is 13.1. The van der Waals surface area contributed by atoms with Crippen LogP contribution in [0.1, 0.15) is 61.5 Å². The van der Waals surface area contributed by atoms with Crippen LogP contribution in [-0.4, -0.2) is 21.8 Å². The van der Waals surface area contributed by atoms with Crippen molar-refractivity contribution in [2.24, 2.45) is 21.1 Å². The van der Waals surface area contributed by atoms with E-state index in [-0.39, 0.29) is 0 Å². The lowest BCUT2D eigenvalue weighted by atomic mass is 10.0. The van der Waals surface area contributed by atoms with Crippen LogP contribution in [0.3, 0.4) is 0 Å². The van der Waals surface area contributed by atoms with Gasteiger partial charge in [-0.05, 0) is 90.6 Å². The van der Waals surface area contributed by atoms with Crippen molar-refractivity contribution in [1.82, 2.24) is 13.7 Å². The van der Waals surface area contributed by atoms with Crippen molar-refractivity contribution in [2.45, 2.75) is 51.4 Å². The Hall–Kier alpha value is -5.84. The minimum atomic E-state index is -2.10. The van der Waals surface area contributed by atoms with E-state index in [4.69, 9.17) is 0 Å². The molecule has 3 nitrogen and oxygen atoms in total. The number of hydrogen-bond acceptors (Lipinski definition) is 0. The summed E-state index contributed by atoms with van der Waals surface area (Å²) in [5.74, 6) is 0. The van der Waals surface area contributed by atoms with E-state index < -0.39 is 8.07 Å². The number of fused-ring (bicyclic) bond motifs is 15. The van der Waals surface area contributed by atoms with Gasteiger partial charge in [0.25, 0.3) is 0 Å². The van der Waals surface area contributed by atoms with Crippen LogP contribution in [0.4, 0.5) is 0 Å². The van der Waals surface area contributed by atoms with Gasteiger partial charge in [-0.25, -0.2) is 0 Å². The van der Waals surface area contributed by atoms with Crippen molar-refractivity contribution in [3.05, 3.63) is 178 Å². The van der Waals surface area contributed by atoms with Gasteiger partial charge in [-0.1, -0.05) is 121 Å². The molecule has 57 heavy (non-hydrogen) atoms. The second-order valence-electron chi connectivity index (χ2n) is 17.8. The molecule has 0 radical (unpaired) electrons. The molecular formula is C53H49N3Si. The topological polar surface area (TPSA) is 14.8 Å². The summed E-state index contributed by atoms with van der Waals surface area (Å²) in [5.41, 5.74) is 26.5. The Bertz CT molecular complexity index is 3020. The van der Waals surface area contributed by atoms with Gasteiger partial charge in [0.1, 0.15) is 0 Å². The summed E-state index contributed by atoms with van der Waals surface area (Å²) in [5, 5.41) is 4.21. The van der Waals surface area contributed by atoms with Crippen LogP contribution in [0.15, 0.2) is 127 Å². The average molecular weight is 756 g/mol. The Morgan fingerprint density at radius 1 is 0.456 bits per heavy atom.